The van der Waals surface area contributed by atoms with Gasteiger partial charge in [0.05, 0.1) is 10.6 Å². The predicted molar refractivity (Wildman–Crippen MR) is 107 cm³/mol. The molecule has 1 aliphatic heterocycles. The maximum absolute atomic E-state index is 13.3. The number of hydrogen-bond donors (Lipinski definition) is 2. The summed E-state index contributed by atoms with van der Waals surface area (Å²) >= 11 is 0. The second-order valence-corrected chi connectivity index (χ2v) is 9.22. The summed E-state index contributed by atoms with van der Waals surface area (Å²) in [6.45, 7) is 0.256. The largest absolute Gasteiger partial charge is 0.381 e. The topological polar surface area (TPSA) is 123 Å². The third-order valence-corrected chi connectivity index (χ3v) is 7.89. The number of nitrogens with zero attached hydrogens (tertiary/aromatic N) is 3. The Morgan fingerprint density at radius 3 is 2.17 bits per heavy atom. The van der Waals surface area contributed by atoms with Gasteiger partial charge in [0.15, 0.2) is 14.6 Å². The number of ether oxygens (including phenoxy) is 1. The first-order valence-electron chi connectivity index (χ1n) is 9.30. The summed E-state index contributed by atoms with van der Waals surface area (Å²) in [6.07, 6.45) is 3.01. The fraction of sp³-hybridized carbons (Fsp3) is 0.250. The van der Waals surface area contributed by atoms with Crippen molar-refractivity contribution in [2.75, 3.05) is 13.2 Å². The van der Waals surface area contributed by atoms with E-state index >= 15 is 0 Å². The van der Waals surface area contributed by atoms with Crippen LogP contribution in [0, 0.1) is 0 Å². The van der Waals surface area contributed by atoms with Crippen molar-refractivity contribution in [3.05, 3.63) is 61.2 Å². The molecule has 2 N–H and O–H groups in total. The molecule has 0 atom stereocenters. The molecule has 156 valence electrons. The van der Waals surface area contributed by atoms with E-state index < -0.39 is 20.5 Å². The Hall–Kier alpha value is -3.08. The van der Waals surface area contributed by atoms with E-state index in [1.54, 1.807) is 23.1 Å². The molecule has 3 aromatic rings. The number of carbonyl (C=O) groups excluding carboxylic acids is 1. The van der Waals surface area contributed by atoms with Gasteiger partial charge in [-0.1, -0.05) is 24.3 Å². The second-order valence-electron chi connectivity index (χ2n) is 6.96. The van der Waals surface area contributed by atoms with Gasteiger partial charge < -0.3 is 4.74 Å². The average Bonchev–Trinajstić information content (AvgIpc) is 3.34. The van der Waals surface area contributed by atoms with Crippen molar-refractivity contribution in [1.82, 2.24) is 20.2 Å². The van der Waals surface area contributed by atoms with Crippen molar-refractivity contribution in [1.29, 1.82) is 0 Å². The minimum Gasteiger partial charge on any atom is -0.381 e. The van der Waals surface area contributed by atoms with Crippen molar-refractivity contribution in [3.8, 4) is 16.8 Å². The summed E-state index contributed by atoms with van der Waals surface area (Å²) < 4.78 is 31.7. The van der Waals surface area contributed by atoms with Crippen LogP contribution in [0.4, 0.5) is 0 Å². The zero-order chi connectivity index (χ0) is 21.2. The Bertz CT molecular complexity index is 1120. The highest BCUT2D eigenvalue weighted by Gasteiger charge is 2.52. The highest BCUT2D eigenvalue weighted by atomic mass is 32.2. The molecule has 2 aromatic carbocycles. The van der Waals surface area contributed by atoms with Crippen LogP contribution in [0.1, 0.15) is 12.8 Å². The second kappa shape index (κ2) is 7.98. The van der Waals surface area contributed by atoms with Crippen molar-refractivity contribution in [2.24, 2.45) is 0 Å². The molecule has 4 rings (SSSR count). The van der Waals surface area contributed by atoms with Crippen LogP contribution in [-0.2, 0) is 19.4 Å². The molecule has 2 heterocycles. The molecular weight excluding hydrogens is 408 g/mol. The number of carbonyl (C=O) groups is 1. The summed E-state index contributed by atoms with van der Waals surface area (Å²) in [5.74, 6) is -0.932. The first-order valence-corrected chi connectivity index (χ1v) is 10.8. The minimum atomic E-state index is -4.04. The number of aromatic nitrogens is 3. The van der Waals surface area contributed by atoms with E-state index in [-0.39, 0.29) is 31.0 Å². The maximum Gasteiger partial charge on any atom is 0.265 e. The van der Waals surface area contributed by atoms with Gasteiger partial charge in [-0.2, -0.15) is 5.10 Å². The standard InChI is InChI=1S/C20H20N4O5S/c25-19(23-26)20(9-11-29-12-10-20)30(27,28)18-7-3-16(4-8-18)15-1-5-17(6-2-15)24-14-21-13-22-24/h1-8,13-14,26H,9-12H2,(H,23,25). The highest BCUT2D eigenvalue weighted by molar-refractivity contribution is 7.93. The van der Waals surface area contributed by atoms with Crippen LogP contribution in [0.3, 0.4) is 0 Å². The molecule has 0 radical (unpaired) electrons. The third-order valence-electron chi connectivity index (χ3n) is 5.38. The number of sulfone groups is 1. The zero-order valence-corrected chi connectivity index (χ0v) is 16.7. The van der Waals surface area contributed by atoms with Gasteiger partial charge in [-0.15, -0.1) is 0 Å². The van der Waals surface area contributed by atoms with Crippen LogP contribution in [0.2, 0.25) is 0 Å². The summed E-state index contributed by atoms with van der Waals surface area (Å²) in [7, 11) is -4.04. The van der Waals surface area contributed by atoms with Crippen LogP contribution in [0.15, 0.2) is 66.1 Å². The molecule has 10 heteroatoms. The van der Waals surface area contributed by atoms with Crippen molar-refractivity contribution >= 4 is 15.7 Å². The van der Waals surface area contributed by atoms with E-state index in [1.165, 1.54) is 23.9 Å². The van der Waals surface area contributed by atoms with Gasteiger partial charge in [0.25, 0.3) is 5.91 Å². The van der Waals surface area contributed by atoms with Crippen LogP contribution in [-0.4, -0.2) is 52.3 Å². The molecule has 1 aromatic heterocycles. The molecule has 1 amide bonds. The summed E-state index contributed by atoms with van der Waals surface area (Å²) in [5, 5.41) is 13.2. The van der Waals surface area contributed by atoms with Gasteiger partial charge in [0, 0.05) is 13.2 Å². The normalized spacial score (nSPS) is 16.2. The third kappa shape index (κ3) is 3.38. The summed E-state index contributed by atoms with van der Waals surface area (Å²) in [6, 6.07) is 13.9. The van der Waals surface area contributed by atoms with Crippen LogP contribution >= 0.6 is 0 Å². The van der Waals surface area contributed by atoms with E-state index in [0.717, 1.165) is 16.8 Å². The van der Waals surface area contributed by atoms with E-state index in [4.69, 9.17) is 9.94 Å². The number of rotatable bonds is 5. The van der Waals surface area contributed by atoms with Crippen molar-refractivity contribution in [3.63, 3.8) is 0 Å². The zero-order valence-electron chi connectivity index (χ0n) is 15.9. The fourth-order valence-electron chi connectivity index (χ4n) is 3.62. The van der Waals surface area contributed by atoms with Gasteiger partial charge in [-0.3, -0.25) is 10.0 Å². The Kier molecular flexibility index (Phi) is 5.37. The van der Waals surface area contributed by atoms with Crippen molar-refractivity contribution < 1.29 is 23.2 Å². The first-order chi connectivity index (χ1) is 14.5. The highest BCUT2D eigenvalue weighted by Crippen LogP contribution is 2.36. The molecule has 9 nitrogen and oxygen atoms in total. The summed E-state index contributed by atoms with van der Waals surface area (Å²) in [5.41, 5.74) is 4.10. The lowest BCUT2D eigenvalue weighted by Gasteiger charge is -2.34. The van der Waals surface area contributed by atoms with Gasteiger partial charge in [-0.25, -0.2) is 23.6 Å². The molecule has 30 heavy (non-hydrogen) atoms. The molecule has 0 spiro atoms. The van der Waals surface area contributed by atoms with E-state index in [2.05, 4.69) is 10.1 Å². The van der Waals surface area contributed by atoms with Crippen LogP contribution in [0.25, 0.3) is 16.8 Å². The van der Waals surface area contributed by atoms with Crippen LogP contribution < -0.4 is 5.48 Å². The van der Waals surface area contributed by atoms with E-state index in [9.17, 15) is 13.2 Å². The molecule has 1 aliphatic rings. The lowest BCUT2D eigenvalue weighted by Crippen LogP contribution is -2.54. The van der Waals surface area contributed by atoms with Gasteiger partial charge in [-0.05, 0) is 48.2 Å². The Morgan fingerprint density at radius 2 is 1.63 bits per heavy atom. The molecule has 0 saturated carbocycles. The predicted octanol–water partition coefficient (Wildman–Crippen LogP) is 1.76. The lowest BCUT2D eigenvalue weighted by atomic mass is 9.98. The quantitative estimate of drug-likeness (QED) is 0.469. The maximum atomic E-state index is 13.3. The molecular formula is C20H20N4O5S. The molecule has 0 bridgehead atoms. The smallest absolute Gasteiger partial charge is 0.265 e. The Morgan fingerprint density at radius 1 is 1.03 bits per heavy atom. The Balaban J connectivity index is 1.63. The number of hydroxylamine groups is 1. The van der Waals surface area contributed by atoms with Gasteiger partial charge in [0.1, 0.15) is 12.7 Å². The number of amides is 1. The number of benzene rings is 2. The monoisotopic (exact) mass is 428 g/mol. The summed E-state index contributed by atoms with van der Waals surface area (Å²) in [4.78, 5) is 16.3. The van der Waals surface area contributed by atoms with Gasteiger partial charge >= 0.3 is 0 Å². The van der Waals surface area contributed by atoms with Crippen LogP contribution in [0.5, 0.6) is 0 Å². The number of hydrogen-bond acceptors (Lipinski definition) is 7. The molecule has 1 fully saturated rings. The van der Waals surface area contributed by atoms with E-state index in [0.29, 0.717) is 0 Å². The average molecular weight is 428 g/mol. The molecule has 1 saturated heterocycles. The van der Waals surface area contributed by atoms with E-state index in [1.807, 2.05) is 24.3 Å². The Labute approximate surface area is 173 Å². The fourth-order valence-corrected chi connectivity index (χ4v) is 5.56. The SMILES string of the molecule is O=C(NO)C1(S(=O)(=O)c2ccc(-c3ccc(-n4cncn4)cc3)cc2)CCOCC1. The number of nitrogens with one attached hydrogen (secondary N) is 1. The first kappa shape index (κ1) is 20.2. The molecule has 0 unspecified atom stereocenters. The van der Waals surface area contributed by atoms with Crippen molar-refractivity contribution in [2.45, 2.75) is 22.5 Å². The molecule has 0 aliphatic carbocycles. The lowest BCUT2D eigenvalue weighted by molar-refractivity contribution is -0.134. The van der Waals surface area contributed by atoms with Gasteiger partial charge in [0.2, 0.25) is 0 Å². The minimum absolute atomic E-state index is 0.0206.